The van der Waals surface area contributed by atoms with Crippen LogP contribution in [0.4, 0.5) is 34.1 Å². The largest absolute Gasteiger partial charge is 0.310 e. The van der Waals surface area contributed by atoms with Crippen molar-refractivity contribution in [3.8, 4) is 33.4 Å². The molecular formula is C61H43ClN2. The first-order chi connectivity index (χ1) is 31.7. The molecule has 0 spiro atoms. The number of para-hydroxylation sites is 1. The van der Waals surface area contributed by atoms with Gasteiger partial charge in [-0.05, 0) is 128 Å². The van der Waals surface area contributed by atoms with Gasteiger partial charge in [0.15, 0.2) is 0 Å². The van der Waals surface area contributed by atoms with Crippen LogP contribution in [0.3, 0.4) is 0 Å². The molecular weight excluding hydrogens is 796 g/mol. The first kappa shape index (κ1) is 39.0. The highest BCUT2D eigenvalue weighted by molar-refractivity contribution is 6.30. The molecule has 0 atom stereocenters. The number of hydrogen-bond acceptors (Lipinski definition) is 2. The summed E-state index contributed by atoms with van der Waals surface area (Å²) < 4.78 is 0. The molecule has 11 rings (SSSR count). The molecule has 0 N–H and O–H groups in total. The van der Waals surface area contributed by atoms with Crippen molar-refractivity contribution in [1.29, 1.82) is 0 Å². The van der Waals surface area contributed by atoms with Crippen LogP contribution in [-0.4, -0.2) is 0 Å². The van der Waals surface area contributed by atoms with Gasteiger partial charge in [0.1, 0.15) is 0 Å². The highest BCUT2D eigenvalue weighted by Gasteiger charge is 2.46. The highest BCUT2D eigenvalue weighted by atomic mass is 35.5. The molecule has 0 aromatic heterocycles. The Morgan fingerprint density at radius 1 is 0.281 bits per heavy atom. The molecule has 0 fully saturated rings. The summed E-state index contributed by atoms with van der Waals surface area (Å²) in [7, 11) is 0. The zero-order chi connectivity index (χ0) is 42.9. The third-order valence-corrected chi connectivity index (χ3v) is 12.8. The van der Waals surface area contributed by atoms with Gasteiger partial charge in [-0.25, -0.2) is 0 Å². The SMILES string of the molecule is Clc1cccc(N(c2cccc(-c3cccc4c3-c3ccccc3C4(c3ccccc3)c3ccccc3)c2)c2cccc(N(c3ccccc3)c3cccc(-c4ccccc4)c3)c2)c1. The van der Waals surface area contributed by atoms with E-state index >= 15 is 0 Å². The maximum Gasteiger partial charge on any atom is 0.0713 e. The van der Waals surface area contributed by atoms with E-state index < -0.39 is 5.41 Å². The van der Waals surface area contributed by atoms with Gasteiger partial charge in [-0.15, -0.1) is 0 Å². The van der Waals surface area contributed by atoms with E-state index in [4.69, 9.17) is 11.6 Å². The van der Waals surface area contributed by atoms with Crippen molar-refractivity contribution in [2.75, 3.05) is 9.80 Å². The van der Waals surface area contributed by atoms with Gasteiger partial charge in [0.05, 0.1) is 5.41 Å². The molecule has 1 aliphatic carbocycles. The Kier molecular flexibility index (Phi) is 10.2. The minimum absolute atomic E-state index is 0.486. The lowest BCUT2D eigenvalue weighted by molar-refractivity contribution is 0.768. The second-order valence-corrected chi connectivity index (χ2v) is 16.7. The first-order valence-electron chi connectivity index (χ1n) is 21.8. The Morgan fingerprint density at radius 3 is 1.33 bits per heavy atom. The van der Waals surface area contributed by atoms with Crippen molar-refractivity contribution in [2.24, 2.45) is 0 Å². The lowest BCUT2D eigenvalue weighted by Gasteiger charge is -2.34. The summed E-state index contributed by atoms with van der Waals surface area (Å²) in [4.78, 5) is 4.65. The molecule has 2 nitrogen and oxygen atoms in total. The van der Waals surface area contributed by atoms with Gasteiger partial charge in [0.25, 0.3) is 0 Å². The van der Waals surface area contributed by atoms with Crippen LogP contribution in [0.25, 0.3) is 33.4 Å². The molecule has 0 saturated heterocycles. The van der Waals surface area contributed by atoms with E-state index in [1.807, 2.05) is 18.2 Å². The van der Waals surface area contributed by atoms with Crippen molar-refractivity contribution in [2.45, 2.75) is 5.41 Å². The molecule has 10 aromatic carbocycles. The van der Waals surface area contributed by atoms with Gasteiger partial charge in [0.2, 0.25) is 0 Å². The van der Waals surface area contributed by atoms with Gasteiger partial charge < -0.3 is 9.80 Å². The Hall–Kier alpha value is -7.91. The van der Waals surface area contributed by atoms with Crippen LogP contribution < -0.4 is 9.80 Å². The van der Waals surface area contributed by atoms with Crippen molar-refractivity contribution in [3.05, 3.63) is 288 Å². The number of anilines is 6. The summed E-state index contributed by atoms with van der Waals surface area (Å²) in [6.45, 7) is 0. The monoisotopic (exact) mass is 838 g/mol. The van der Waals surface area contributed by atoms with Crippen LogP contribution in [-0.2, 0) is 5.41 Å². The summed E-state index contributed by atoms with van der Waals surface area (Å²) in [5.74, 6) is 0. The predicted octanol–water partition coefficient (Wildman–Crippen LogP) is 17.0. The standard InChI is InChI=1S/C61H43ClN2/c62-49-28-17-33-53(42-49)64(55-35-18-34-54(43-55)63(50-29-11-4-12-30-50)51-31-15-22-45(40-51)44-20-5-1-6-21-44)52-32-16-23-46(41-52)56-37-19-39-59-60(56)57-36-13-14-38-58(57)61(59,47-24-7-2-8-25-47)48-26-9-3-10-27-48/h1-43H. The van der Waals surface area contributed by atoms with Crippen LogP contribution in [0, 0.1) is 0 Å². The molecule has 0 amide bonds. The van der Waals surface area contributed by atoms with Crippen molar-refractivity contribution >= 4 is 45.7 Å². The van der Waals surface area contributed by atoms with Gasteiger partial charge >= 0.3 is 0 Å². The Bertz CT molecular complexity index is 3200. The summed E-state index contributed by atoms with van der Waals surface area (Å²) in [6.07, 6.45) is 0. The molecule has 64 heavy (non-hydrogen) atoms. The molecule has 3 heteroatoms. The van der Waals surface area contributed by atoms with Crippen LogP contribution >= 0.6 is 11.6 Å². The highest BCUT2D eigenvalue weighted by Crippen LogP contribution is 2.58. The smallest absolute Gasteiger partial charge is 0.0713 e. The number of halogens is 1. The number of fused-ring (bicyclic) bond motifs is 3. The third-order valence-electron chi connectivity index (χ3n) is 12.5. The predicted molar refractivity (Wildman–Crippen MR) is 269 cm³/mol. The Morgan fingerprint density at radius 2 is 0.688 bits per heavy atom. The van der Waals surface area contributed by atoms with Crippen molar-refractivity contribution in [3.63, 3.8) is 0 Å². The maximum atomic E-state index is 6.80. The summed E-state index contributed by atoms with van der Waals surface area (Å²) >= 11 is 6.80. The van der Waals surface area contributed by atoms with Gasteiger partial charge in [-0.1, -0.05) is 200 Å². The van der Waals surface area contributed by atoms with Gasteiger partial charge in [0, 0.05) is 39.1 Å². The van der Waals surface area contributed by atoms with E-state index in [-0.39, 0.29) is 0 Å². The summed E-state index contributed by atoms with van der Waals surface area (Å²) in [5.41, 5.74) is 17.9. The second kappa shape index (κ2) is 16.8. The van der Waals surface area contributed by atoms with E-state index in [0.717, 1.165) is 45.3 Å². The topological polar surface area (TPSA) is 6.48 Å². The molecule has 0 radical (unpaired) electrons. The molecule has 0 aliphatic heterocycles. The molecule has 0 heterocycles. The van der Waals surface area contributed by atoms with E-state index in [2.05, 4.69) is 252 Å². The fourth-order valence-electron chi connectivity index (χ4n) is 9.86. The third kappa shape index (κ3) is 6.86. The summed E-state index contributed by atoms with van der Waals surface area (Å²) in [5, 5.41) is 0.675. The second-order valence-electron chi connectivity index (χ2n) is 16.2. The minimum atomic E-state index is -0.486. The van der Waals surface area contributed by atoms with Crippen LogP contribution in [0.15, 0.2) is 261 Å². The van der Waals surface area contributed by atoms with E-state index in [1.165, 1.54) is 44.5 Å². The maximum absolute atomic E-state index is 6.80. The average Bonchev–Trinajstić information content (AvgIpc) is 3.67. The molecule has 1 aliphatic rings. The zero-order valence-electron chi connectivity index (χ0n) is 35.1. The number of benzene rings is 10. The zero-order valence-corrected chi connectivity index (χ0v) is 35.9. The fourth-order valence-corrected chi connectivity index (χ4v) is 10.0. The average molecular weight is 839 g/mol. The van der Waals surface area contributed by atoms with Crippen molar-refractivity contribution < 1.29 is 0 Å². The van der Waals surface area contributed by atoms with Crippen LogP contribution in [0.5, 0.6) is 0 Å². The lowest BCUT2D eigenvalue weighted by atomic mass is 9.67. The Balaban J connectivity index is 1.07. The summed E-state index contributed by atoms with van der Waals surface area (Å²) in [6, 6.07) is 93.6. The molecule has 0 unspecified atom stereocenters. The van der Waals surface area contributed by atoms with Gasteiger partial charge in [-0.3, -0.25) is 0 Å². The van der Waals surface area contributed by atoms with Crippen LogP contribution in [0.2, 0.25) is 5.02 Å². The van der Waals surface area contributed by atoms with E-state index in [9.17, 15) is 0 Å². The number of nitrogens with zero attached hydrogens (tertiary/aromatic N) is 2. The quantitative estimate of drug-likeness (QED) is 0.135. The normalized spacial score (nSPS) is 12.3. The molecule has 0 bridgehead atoms. The van der Waals surface area contributed by atoms with E-state index in [0.29, 0.717) is 5.02 Å². The van der Waals surface area contributed by atoms with Crippen LogP contribution in [0.1, 0.15) is 22.3 Å². The number of rotatable bonds is 10. The van der Waals surface area contributed by atoms with Gasteiger partial charge in [-0.2, -0.15) is 0 Å². The lowest BCUT2D eigenvalue weighted by Crippen LogP contribution is -2.28. The molecule has 10 aromatic rings. The first-order valence-corrected chi connectivity index (χ1v) is 22.2. The number of hydrogen-bond donors (Lipinski definition) is 0. The molecule has 0 saturated carbocycles. The fraction of sp³-hybridized carbons (Fsp3) is 0.0164. The minimum Gasteiger partial charge on any atom is -0.310 e. The van der Waals surface area contributed by atoms with E-state index in [1.54, 1.807) is 0 Å². The molecule has 304 valence electrons. The Labute approximate surface area is 380 Å². The van der Waals surface area contributed by atoms with Crippen molar-refractivity contribution in [1.82, 2.24) is 0 Å².